The molecule has 26 heavy (non-hydrogen) atoms. The molecule has 2 atom stereocenters. The molecule has 2 aromatic rings. The molecule has 2 bridgehead atoms. The molecule has 2 aliphatic heterocycles. The third kappa shape index (κ3) is 3.67. The van der Waals surface area contributed by atoms with E-state index in [4.69, 9.17) is 5.26 Å². The fraction of sp³-hybridized carbons (Fsp3) is 0.435. The van der Waals surface area contributed by atoms with Crippen LogP contribution in [0.25, 0.3) is 0 Å². The van der Waals surface area contributed by atoms with Gasteiger partial charge in [-0.15, -0.1) is 0 Å². The Morgan fingerprint density at radius 2 is 1.69 bits per heavy atom. The SMILES string of the molecule is N#Cc1cccc(CC2(O)CC3CCCC(C2)N3Cc2ccccc2)c1. The molecule has 0 aromatic heterocycles. The van der Waals surface area contributed by atoms with Gasteiger partial charge in [0.25, 0.3) is 0 Å². The monoisotopic (exact) mass is 346 g/mol. The lowest BCUT2D eigenvalue weighted by Gasteiger charge is -2.52. The van der Waals surface area contributed by atoms with E-state index < -0.39 is 5.60 Å². The number of hydrogen-bond acceptors (Lipinski definition) is 3. The van der Waals surface area contributed by atoms with Crippen molar-refractivity contribution >= 4 is 0 Å². The number of rotatable bonds is 4. The third-order valence-corrected chi connectivity index (χ3v) is 6.04. The van der Waals surface area contributed by atoms with Crippen LogP contribution in [0, 0.1) is 11.3 Å². The second-order valence-electron chi connectivity index (χ2n) is 8.02. The Balaban J connectivity index is 1.50. The Labute approximate surface area is 155 Å². The van der Waals surface area contributed by atoms with E-state index >= 15 is 0 Å². The summed E-state index contributed by atoms with van der Waals surface area (Å²) in [5.74, 6) is 0. The van der Waals surface area contributed by atoms with Crippen LogP contribution in [0.5, 0.6) is 0 Å². The van der Waals surface area contributed by atoms with E-state index in [0.29, 0.717) is 24.1 Å². The molecule has 0 radical (unpaired) electrons. The number of hydrogen-bond donors (Lipinski definition) is 1. The van der Waals surface area contributed by atoms with Crippen LogP contribution >= 0.6 is 0 Å². The van der Waals surface area contributed by atoms with Crippen LogP contribution in [0.2, 0.25) is 0 Å². The van der Waals surface area contributed by atoms with Gasteiger partial charge in [0.15, 0.2) is 0 Å². The maximum Gasteiger partial charge on any atom is 0.0991 e. The van der Waals surface area contributed by atoms with Crippen molar-refractivity contribution in [3.63, 3.8) is 0 Å². The molecule has 3 nitrogen and oxygen atoms in total. The largest absolute Gasteiger partial charge is 0.389 e. The molecule has 2 unspecified atom stereocenters. The second-order valence-corrected chi connectivity index (χ2v) is 8.02. The van der Waals surface area contributed by atoms with Crippen molar-refractivity contribution in [1.82, 2.24) is 4.90 Å². The summed E-state index contributed by atoms with van der Waals surface area (Å²) in [7, 11) is 0. The van der Waals surface area contributed by atoms with Gasteiger partial charge in [-0.1, -0.05) is 48.9 Å². The standard InChI is InChI=1S/C23H26N2O/c24-16-20-9-4-8-19(12-20)13-23(26)14-21-10-5-11-22(15-23)25(21)17-18-6-2-1-3-7-18/h1-4,6-9,12,21-22,26H,5,10-11,13-15,17H2. The summed E-state index contributed by atoms with van der Waals surface area (Å²) in [6, 6.07) is 21.5. The quantitative estimate of drug-likeness (QED) is 0.908. The van der Waals surface area contributed by atoms with Crippen LogP contribution in [-0.2, 0) is 13.0 Å². The molecular formula is C23H26N2O. The molecule has 1 N–H and O–H groups in total. The number of fused-ring (bicyclic) bond motifs is 2. The molecule has 2 aliphatic rings. The van der Waals surface area contributed by atoms with Gasteiger partial charge >= 0.3 is 0 Å². The highest BCUT2D eigenvalue weighted by molar-refractivity contribution is 5.33. The van der Waals surface area contributed by atoms with E-state index in [2.05, 4.69) is 41.3 Å². The van der Waals surface area contributed by atoms with Crippen LogP contribution in [0.1, 0.15) is 48.8 Å². The van der Waals surface area contributed by atoms with E-state index in [-0.39, 0.29) is 0 Å². The summed E-state index contributed by atoms with van der Waals surface area (Å²) in [6.45, 7) is 0.982. The lowest BCUT2D eigenvalue weighted by Crippen LogP contribution is -2.58. The molecule has 2 saturated heterocycles. The number of piperidine rings is 2. The Morgan fingerprint density at radius 1 is 1.00 bits per heavy atom. The summed E-state index contributed by atoms with van der Waals surface area (Å²) in [5, 5.41) is 20.5. The van der Waals surface area contributed by atoms with Gasteiger partial charge in [-0.25, -0.2) is 0 Å². The Bertz CT molecular complexity index is 781. The summed E-state index contributed by atoms with van der Waals surface area (Å²) < 4.78 is 0. The summed E-state index contributed by atoms with van der Waals surface area (Å²) >= 11 is 0. The minimum absolute atomic E-state index is 0.451. The molecule has 2 heterocycles. The van der Waals surface area contributed by atoms with E-state index in [0.717, 1.165) is 24.9 Å². The van der Waals surface area contributed by atoms with Gasteiger partial charge < -0.3 is 5.11 Å². The molecule has 2 aromatic carbocycles. The van der Waals surface area contributed by atoms with E-state index in [1.54, 1.807) is 0 Å². The molecule has 2 fully saturated rings. The fourth-order valence-electron chi connectivity index (χ4n) is 4.95. The average molecular weight is 346 g/mol. The zero-order chi connectivity index (χ0) is 18.0. The zero-order valence-corrected chi connectivity index (χ0v) is 15.1. The summed E-state index contributed by atoms with van der Waals surface area (Å²) in [5.41, 5.74) is 2.45. The van der Waals surface area contributed by atoms with Crippen molar-refractivity contribution < 1.29 is 5.11 Å². The molecule has 0 aliphatic carbocycles. The molecule has 134 valence electrons. The van der Waals surface area contributed by atoms with Gasteiger partial charge in [0, 0.05) is 25.0 Å². The van der Waals surface area contributed by atoms with Gasteiger partial charge in [0.05, 0.1) is 17.2 Å². The highest BCUT2D eigenvalue weighted by Crippen LogP contribution is 2.41. The van der Waals surface area contributed by atoms with Crippen molar-refractivity contribution in [2.24, 2.45) is 0 Å². The molecule has 0 saturated carbocycles. The molecule has 0 amide bonds. The highest BCUT2D eigenvalue weighted by Gasteiger charge is 2.45. The lowest BCUT2D eigenvalue weighted by molar-refractivity contribution is -0.0946. The lowest BCUT2D eigenvalue weighted by atomic mass is 9.73. The minimum Gasteiger partial charge on any atom is -0.389 e. The fourth-order valence-corrected chi connectivity index (χ4v) is 4.95. The van der Waals surface area contributed by atoms with Crippen molar-refractivity contribution in [1.29, 1.82) is 5.26 Å². The van der Waals surface area contributed by atoms with Crippen molar-refractivity contribution in [3.05, 3.63) is 71.3 Å². The predicted octanol–water partition coefficient (Wildman–Crippen LogP) is 4.05. The summed E-state index contributed by atoms with van der Waals surface area (Å²) in [6.07, 6.45) is 5.91. The first kappa shape index (κ1) is 17.3. The molecule has 0 spiro atoms. The molecular weight excluding hydrogens is 320 g/mol. The first-order valence-electron chi connectivity index (χ1n) is 9.66. The molecule has 3 heteroatoms. The first-order chi connectivity index (χ1) is 12.6. The normalized spacial score (nSPS) is 28.5. The Hall–Kier alpha value is -2.15. The van der Waals surface area contributed by atoms with Crippen LogP contribution in [-0.4, -0.2) is 27.7 Å². The maximum atomic E-state index is 11.4. The van der Waals surface area contributed by atoms with E-state index in [1.165, 1.54) is 24.8 Å². The number of nitriles is 1. The Morgan fingerprint density at radius 3 is 2.38 bits per heavy atom. The van der Waals surface area contributed by atoms with Crippen LogP contribution in [0.4, 0.5) is 0 Å². The van der Waals surface area contributed by atoms with Crippen LogP contribution in [0.15, 0.2) is 54.6 Å². The minimum atomic E-state index is -0.656. The predicted molar refractivity (Wildman–Crippen MR) is 102 cm³/mol. The van der Waals surface area contributed by atoms with Crippen molar-refractivity contribution in [2.45, 2.75) is 62.8 Å². The van der Waals surface area contributed by atoms with E-state index in [9.17, 15) is 5.11 Å². The third-order valence-electron chi connectivity index (χ3n) is 6.04. The topological polar surface area (TPSA) is 47.3 Å². The average Bonchev–Trinajstić information content (AvgIpc) is 2.64. The van der Waals surface area contributed by atoms with Gasteiger partial charge in [0.1, 0.15) is 0 Å². The summed E-state index contributed by atoms with van der Waals surface area (Å²) in [4.78, 5) is 2.62. The highest BCUT2D eigenvalue weighted by atomic mass is 16.3. The van der Waals surface area contributed by atoms with Gasteiger partial charge in [-0.2, -0.15) is 5.26 Å². The number of benzene rings is 2. The number of nitrogens with zero attached hydrogens (tertiary/aromatic N) is 2. The smallest absolute Gasteiger partial charge is 0.0991 e. The van der Waals surface area contributed by atoms with Crippen molar-refractivity contribution in [2.75, 3.05) is 0 Å². The first-order valence-corrected chi connectivity index (χ1v) is 9.66. The van der Waals surface area contributed by atoms with Crippen LogP contribution in [0.3, 0.4) is 0 Å². The zero-order valence-electron chi connectivity index (χ0n) is 15.1. The maximum absolute atomic E-state index is 11.4. The second kappa shape index (κ2) is 7.23. The Kier molecular flexibility index (Phi) is 4.80. The van der Waals surface area contributed by atoms with Crippen LogP contribution < -0.4 is 0 Å². The van der Waals surface area contributed by atoms with Gasteiger partial charge in [-0.3, -0.25) is 4.90 Å². The molecule has 4 rings (SSSR count). The number of aliphatic hydroxyl groups is 1. The van der Waals surface area contributed by atoms with Gasteiger partial charge in [-0.05, 0) is 48.9 Å². The van der Waals surface area contributed by atoms with Crippen molar-refractivity contribution in [3.8, 4) is 6.07 Å². The van der Waals surface area contributed by atoms with E-state index in [1.807, 2.05) is 24.3 Å². The van der Waals surface area contributed by atoms with Gasteiger partial charge in [0.2, 0.25) is 0 Å².